The van der Waals surface area contributed by atoms with Crippen molar-refractivity contribution in [1.82, 2.24) is 5.32 Å². The van der Waals surface area contributed by atoms with E-state index < -0.39 is 0 Å². The third-order valence-electron chi connectivity index (χ3n) is 3.25. The Hall–Kier alpha value is -1.39. The summed E-state index contributed by atoms with van der Waals surface area (Å²) in [6.45, 7) is 1.63. The lowest BCUT2D eigenvalue weighted by Crippen LogP contribution is -2.41. The summed E-state index contributed by atoms with van der Waals surface area (Å²) in [4.78, 5) is 11.8. The van der Waals surface area contributed by atoms with Crippen LogP contribution in [0.4, 0.5) is 0 Å². The molecule has 0 spiro atoms. The summed E-state index contributed by atoms with van der Waals surface area (Å²) in [5.41, 5.74) is 7.09. The topological polar surface area (TPSA) is 64.3 Å². The van der Waals surface area contributed by atoms with Gasteiger partial charge in [-0.15, -0.1) is 0 Å². The van der Waals surface area contributed by atoms with E-state index in [2.05, 4.69) is 17.4 Å². The van der Waals surface area contributed by atoms with Gasteiger partial charge in [0.2, 0.25) is 5.91 Å². The van der Waals surface area contributed by atoms with E-state index >= 15 is 0 Å². The van der Waals surface area contributed by atoms with Crippen LogP contribution in [0.5, 0.6) is 0 Å². The van der Waals surface area contributed by atoms with Crippen LogP contribution < -0.4 is 11.1 Å². The highest BCUT2D eigenvalue weighted by atomic mass is 16.5. The van der Waals surface area contributed by atoms with Crippen LogP contribution in [0.3, 0.4) is 0 Å². The maximum absolute atomic E-state index is 11.8. The average molecular weight is 248 g/mol. The van der Waals surface area contributed by atoms with Crippen molar-refractivity contribution in [3.8, 4) is 0 Å². The Morgan fingerprint density at radius 1 is 1.33 bits per heavy atom. The second kappa shape index (κ2) is 6.52. The fourth-order valence-electron chi connectivity index (χ4n) is 2.12. The van der Waals surface area contributed by atoms with Crippen molar-refractivity contribution < 1.29 is 9.53 Å². The highest BCUT2D eigenvalue weighted by Crippen LogP contribution is 2.11. The zero-order chi connectivity index (χ0) is 12.8. The van der Waals surface area contributed by atoms with Gasteiger partial charge in [0.25, 0.3) is 0 Å². The van der Waals surface area contributed by atoms with Gasteiger partial charge >= 0.3 is 0 Å². The molecule has 2 rings (SSSR count). The number of carbonyl (C=O) groups is 1. The average Bonchev–Trinajstić information content (AvgIpc) is 2.82. The summed E-state index contributed by atoms with van der Waals surface area (Å²) in [5.74, 6) is -0.158. The lowest BCUT2D eigenvalue weighted by molar-refractivity contribution is -0.125. The summed E-state index contributed by atoms with van der Waals surface area (Å²) in [6, 6.07) is 10.1. The van der Waals surface area contributed by atoms with Gasteiger partial charge in [0.1, 0.15) is 0 Å². The summed E-state index contributed by atoms with van der Waals surface area (Å²) >= 11 is 0. The number of hydrogen-bond acceptors (Lipinski definition) is 3. The maximum atomic E-state index is 11.8. The van der Waals surface area contributed by atoms with Crippen LogP contribution in [-0.4, -0.2) is 31.7 Å². The molecule has 1 aliphatic rings. The zero-order valence-corrected chi connectivity index (χ0v) is 10.5. The normalized spacial score (nSPS) is 22.9. The first kappa shape index (κ1) is 13.1. The number of nitrogens with two attached hydrogens (primary N) is 1. The Kier molecular flexibility index (Phi) is 4.73. The van der Waals surface area contributed by atoms with Gasteiger partial charge in [0.05, 0.1) is 19.1 Å². The van der Waals surface area contributed by atoms with Crippen molar-refractivity contribution in [1.29, 1.82) is 0 Å². The van der Waals surface area contributed by atoms with Crippen LogP contribution in [0.2, 0.25) is 0 Å². The Balaban J connectivity index is 1.65. The van der Waals surface area contributed by atoms with E-state index in [0.29, 0.717) is 19.8 Å². The molecule has 1 fully saturated rings. The first-order valence-corrected chi connectivity index (χ1v) is 6.42. The Bertz CT molecular complexity index is 381. The molecule has 18 heavy (non-hydrogen) atoms. The van der Waals surface area contributed by atoms with Crippen molar-refractivity contribution in [3.05, 3.63) is 35.9 Å². The molecule has 98 valence electrons. The second-order valence-corrected chi connectivity index (χ2v) is 4.69. The van der Waals surface area contributed by atoms with Gasteiger partial charge < -0.3 is 15.8 Å². The largest absolute Gasteiger partial charge is 0.379 e. The van der Waals surface area contributed by atoms with E-state index in [1.54, 1.807) is 0 Å². The molecule has 4 heteroatoms. The number of nitrogens with one attached hydrogen (secondary N) is 1. The summed E-state index contributed by atoms with van der Waals surface area (Å²) < 4.78 is 5.18. The molecule has 2 unspecified atom stereocenters. The van der Waals surface area contributed by atoms with Crippen molar-refractivity contribution in [3.63, 3.8) is 0 Å². The van der Waals surface area contributed by atoms with Crippen molar-refractivity contribution in [2.24, 2.45) is 11.7 Å². The fourth-order valence-corrected chi connectivity index (χ4v) is 2.12. The summed E-state index contributed by atoms with van der Waals surface area (Å²) in [5, 5.41) is 2.93. The molecule has 1 heterocycles. The van der Waals surface area contributed by atoms with Gasteiger partial charge in [-0.3, -0.25) is 4.79 Å². The molecular weight excluding hydrogens is 228 g/mol. The number of amides is 1. The predicted molar refractivity (Wildman–Crippen MR) is 70.1 cm³/mol. The number of benzene rings is 1. The Labute approximate surface area is 108 Å². The lowest BCUT2D eigenvalue weighted by Gasteiger charge is -2.13. The highest BCUT2D eigenvalue weighted by molar-refractivity contribution is 5.79. The molecule has 0 saturated carbocycles. The van der Waals surface area contributed by atoms with E-state index in [1.165, 1.54) is 5.56 Å². The molecule has 3 N–H and O–H groups in total. The van der Waals surface area contributed by atoms with Gasteiger partial charge in [-0.25, -0.2) is 0 Å². The molecule has 1 aromatic rings. The highest BCUT2D eigenvalue weighted by Gasteiger charge is 2.30. The van der Waals surface area contributed by atoms with Gasteiger partial charge in [-0.05, 0) is 18.4 Å². The number of carbonyl (C=O) groups excluding carboxylic acids is 1. The van der Waals surface area contributed by atoms with Crippen LogP contribution in [0.15, 0.2) is 30.3 Å². The monoisotopic (exact) mass is 248 g/mol. The van der Waals surface area contributed by atoms with Crippen LogP contribution in [-0.2, 0) is 16.0 Å². The first-order chi connectivity index (χ1) is 8.77. The second-order valence-electron chi connectivity index (χ2n) is 4.69. The lowest BCUT2D eigenvalue weighted by atomic mass is 10.0. The maximum Gasteiger partial charge on any atom is 0.227 e. The van der Waals surface area contributed by atoms with Gasteiger partial charge in [-0.1, -0.05) is 30.3 Å². The summed E-state index contributed by atoms with van der Waals surface area (Å²) in [6.07, 6.45) is 1.92. The van der Waals surface area contributed by atoms with Crippen LogP contribution in [0.1, 0.15) is 12.0 Å². The minimum Gasteiger partial charge on any atom is -0.379 e. The van der Waals surface area contributed by atoms with Crippen molar-refractivity contribution >= 4 is 5.91 Å². The molecule has 1 aliphatic heterocycles. The third-order valence-corrected chi connectivity index (χ3v) is 3.25. The van der Waals surface area contributed by atoms with E-state index in [0.717, 1.165) is 12.8 Å². The molecule has 1 saturated heterocycles. The number of ether oxygens (including phenoxy) is 1. The number of aryl methyl sites for hydroxylation is 1. The molecule has 2 atom stereocenters. The molecule has 0 bridgehead atoms. The minimum atomic E-state index is -0.179. The number of hydrogen-bond donors (Lipinski definition) is 2. The van der Waals surface area contributed by atoms with Gasteiger partial charge in [-0.2, -0.15) is 0 Å². The molecule has 0 radical (unpaired) electrons. The van der Waals surface area contributed by atoms with Crippen molar-refractivity contribution in [2.45, 2.75) is 18.9 Å². The smallest absolute Gasteiger partial charge is 0.227 e. The first-order valence-electron chi connectivity index (χ1n) is 6.42. The van der Waals surface area contributed by atoms with Crippen molar-refractivity contribution in [2.75, 3.05) is 19.8 Å². The van der Waals surface area contributed by atoms with E-state index in [1.807, 2.05) is 18.2 Å². The van der Waals surface area contributed by atoms with Crippen LogP contribution in [0, 0.1) is 5.92 Å². The van der Waals surface area contributed by atoms with E-state index in [4.69, 9.17) is 10.5 Å². The van der Waals surface area contributed by atoms with E-state index in [-0.39, 0.29) is 17.9 Å². The predicted octanol–water partition coefficient (Wildman–Crippen LogP) is 0.709. The van der Waals surface area contributed by atoms with Crippen LogP contribution >= 0.6 is 0 Å². The molecule has 0 aliphatic carbocycles. The Morgan fingerprint density at radius 2 is 2.11 bits per heavy atom. The standard InChI is InChI=1S/C14H20N2O2/c15-13-10-18-9-12(13)14(17)16-8-4-7-11-5-2-1-3-6-11/h1-3,5-6,12-13H,4,7-10,15H2,(H,16,17). The van der Waals surface area contributed by atoms with Gasteiger partial charge in [0, 0.05) is 12.6 Å². The molecule has 0 aromatic heterocycles. The summed E-state index contributed by atoms with van der Waals surface area (Å²) in [7, 11) is 0. The Morgan fingerprint density at radius 3 is 2.78 bits per heavy atom. The molecular formula is C14H20N2O2. The molecule has 4 nitrogen and oxygen atoms in total. The minimum absolute atomic E-state index is 0.0214. The quantitative estimate of drug-likeness (QED) is 0.754. The third kappa shape index (κ3) is 3.55. The molecule has 1 aromatic carbocycles. The number of rotatable bonds is 5. The fraction of sp³-hybridized carbons (Fsp3) is 0.500. The van der Waals surface area contributed by atoms with Gasteiger partial charge in [0.15, 0.2) is 0 Å². The molecule has 1 amide bonds. The zero-order valence-electron chi connectivity index (χ0n) is 10.5. The van der Waals surface area contributed by atoms with E-state index in [9.17, 15) is 4.79 Å². The van der Waals surface area contributed by atoms with Crippen LogP contribution in [0.25, 0.3) is 0 Å². The SMILES string of the molecule is NC1COCC1C(=O)NCCCc1ccccc1.